The van der Waals surface area contributed by atoms with Crippen LogP contribution in [0.25, 0.3) is 0 Å². The van der Waals surface area contributed by atoms with Gasteiger partial charge < -0.3 is 19.1 Å². The van der Waals surface area contributed by atoms with Crippen LogP contribution in [0.3, 0.4) is 0 Å². The second-order valence-electron chi connectivity index (χ2n) is 6.45. The molecule has 152 valence electrons. The second kappa shape index (κ2) is 9.45. The van der Waals surface area contributed by atoms with Crippen LogP contribution >= 0.6 is 0 Å². The third kappa shape index (κ3) is 6.16. The molecule has 0 bridgehead atoms. The van der Waals surface area contributed by atoms with Crippen molar-refractivity contribution in [2.24, 2.45) is 0 Å². The lowest BCUT2D eigenvalue weighted by Gasteiger charge is -2.29. The van der Waals surface area contributed by atoms with Crippen molar-refractivity contribution in [2.75, 3.05) is 18.7 Å². The second-order valence-corrected chi connectivity index (χ2v) is 8.02. The first-order chi connectivity index (χ1) is 13.2. The highest BCUT2D eigenvalue weighted by Crippen LogP contribution is 2.24. The Balaban J connectivity index is 2.16. The summed E-state index contributed by atoms with van der Waals surface area (Å²) in [6.07, 6.45) is 1.78. The number of benzene rings is 2. The van der Waals surface area contributed by atoms with E-state index in [1.165, 1.54) is 0 Å². The van der Waals surface area contributed by atoms with E-state index in [2.05, 4.69) is 5.32 Å². The lowest BCUT2D eigenvalue weighted by Crippen LogP contribution is -2.40. The molecule has 8 heteroatoms. The van der Waals surface area contributed by atoms with Gasteiger partial charge in [0.2, 0.25) is 0 Å². The van der Waals surface area contributed by atoms with Crippen LogP contribution in [0, 0.1) is 0 Å². The zero-order chi connectivity index (χ0) is 20.7. The van der Waals surface area contributed by atoms with Gasteiger partial charge in [0, 0.05) is 12.6 Å². The summed E-state index contributed by atoms with van der Waals surface area (Å²) in [6.45, 7) is 4.36. The molecule has 0 aliphatic rings. The molecule has 0 aliphatic carbocycles. The quantitative estimate of drug-likeness (QED) is 0.673. The summed E-state index contributed by atoms with van der Waals surface area (Å²) in [4.78, 5) is 14.6. The number of ether oxygens (including phenoxy) is 1. The number of para-hydroxylation sites is 2. The molecule has 2 aromatic rings. The minimum absolute atomic E-state index is 0.00153. The maximum atomic E-state index is 12.9. The van der Waals surface area contributed by atoms with E-state index in [9.17, 15) is 13.2 Å². The van der Waals surface area contributed by atoms with E-state index in [0.717, 1.165) is 18.2 Å². The Labute approximate surface area is 166 Å². The van der Waals surface area contributed by atoms with Gasteiger partial charge in [-0.15, -0.1) is 0 Å². The van der Waals surface area contributed by atoms with Crippen molar-refractivity contribution < 1.29 is 22.1 Å². The average Bonchev–Trinajstić information content (AvgIpc) is 2.66. The molecular formula is C20H26N2O5S. The van der Waals surface area contributed by atoms with Crippen LogP contribution in [0.2, 0.25) is 0 Å². The molecule has 0 spiro atoms. The first-order valence-corrected chi connectivity index (χ1v) is 10.7. The molecule has 0 unspecified atom stereocenters. The van der Waals surface area contributed by atoms with E-state index in [4.69, 9.17) is 8.92 Å². The predicted molar refractivity (Wildman–Crippen MR) is 109 cm³/mol. The molecule has 2 amide bonds. The van der Waals surface area contributed by atoms with Gasteiger partial charge >= 0.3 is 16.1 Å². The summed E-state index contributed by atoms with van der Waals surface area (Å²) in [5, 5.41) is 2.90. The Bertz CT molecular complexity index is 897. The number of nitrogens with one attached hydrogen (secondary N) is 1. The standard InChI is InChI=1S/C20H26N2O5S/c1-5-15(2)22(20(23)21-18-8-6-7-9-19(18)26-3)14-16-10-12-17(13-11-16)27-28(4,24)25/h6-13,15H,5,14H2,1-4H3,(H,21,23)/t15-/m0/s1. The molecule has 2 rings (SSSR count). The zero-order valence-corrected chi connectivity index (χ0v) is 17.3. The Morgan fingerprint density at radius 1 is 1.14 bits per heavy atom. The molecule has 7 nitrogen and oxygen atoms in total. The summed E-state index contributed by atoms with van der Waals surface area (Å²) >= 11 is 0. The van der Waals surface area contributed by atoms with Gasteiger partial charge in [-0.05, 0) is 43.2 Å². The minimum Gasteiger partial charge on any atom is -0.495 e. The molecule has 0 saturated heterocycles. The molecule has 1 atom stereocenters. The summed E-state index contributed by atoms with van der Waals surface area (Å²) in [6, 6.07) is 13.6. The number of carbonyl (C=O) groups is 1. The molecule has 1 N–H and O–H groups in total. The number of hydrogen-bond donors (Lipinski definition) is 1. The number of urea groups is 1. The Morgan fingerprint density at radius 2 is 1.79 bits per heavy atom. The number of amides is 2. The lowest BCUT2D eigenvalue weighted by molar-refractivity contribution is 0.187. The van der Waals surface area contributed by atoms with E-state index in [0.29, 0.717) is 18.0 Å². The molecule has 0 aromatic heterocycles. The van der Waals surface area contributed by atoms with Crippen molar-refractivity contribution in [2.45, 2.75) is 32.9 Å². The van der Waals surface area contributed by atoms with Gasteiger partial charge in [-0.1, -0.05) is 31.2 Å². The average molecular weight is 407 g/mol. The fourth-order valence-corrected chi connectivity index (χ4v) is 3.07. The molecule has 0 heterocycles. The SMILES string of the molecule is CC[C@H](C)N(Cc1ccc(OS(C)(=O)=O)cc1)C(=O)Nc1ccccc1OC. The molecule has 0 saturated carbocycles. The fourth-order valence-electron chi connectivity index (χ4n) is 2.61. The smallest absolute Gasteiger partial charge is 0.322 e. The van der Waals surface area contributed by atoms with Crippen LogP contribution in [0.5, 0.6) is 11.5 Å². The third-order valence-electron chi connectivity index (χ3n) is 4.26. The highest BCUT2D eigenvalue weighted by Gasteiger charge is 2.20. The Kier molecular flexibility index (Phi) is 7.28. The van der Waals surface area contributed by atoms with Crippen LogP contribution < -0.4 is 14.2 Å². The van der Waals surface area contributed by atoms with Gasteiger partial charge in [0.1, 0.15) is 11.5 Å². The molecular weight excluding hydrogens is 380 g/mol. The number of carbonyl (C=O) groups excluding carboxylic acids is 1. The first-order valence-electron chi connectivity index (χ1n) is 8.92. The van der Waals surface area contributed by atoms with E-state index in [1.807, 2.05) is 26.0 Å². The van der Waals surface area contributed by atoms with E-state index >= 15 is 0 Å². The van der Waals surface area contributed by atoms with E-state index in [-0.39, 0.29) is 17.8 Å². The highest BCUT2D eigenvalue weighted by molar-refractivity contribution is 7.86. The number of anilines is 1. The maximum absolute atomic E-state index is 12.9. The minimum atomic E-state index is -3.57. The topological polar surface area (TPSA) is 84.9 Å². The van der Waals surface area contributed by atoms with Crippen LogP contribution in [0.1, 0.15) is 25.8 Å². The summed E-state index contributed by atoms with van der Waals surface area (Å²) in [7, 11) is -2.02. The molecule has 2 aromatic carbocycles. The zero-order valence-electron chi connectivity index (χ0n) is 16.5. The van der Waals surface area contributed by atoms with E-state index in [1.54, 1.807) is 48.4 Å². The largest absolute Gasteiger partial charge is 0.495 e. The number of rotatable bonds is 8. The number of hydrogen-bond acceptors (Lipinski definition) is 5. The molecule has 0 radical (unpaired) electrons. The third-order valence-corrected chi connectivity index (χ3v) is 4.75. The van der Waals surface area contributed by atoms with Gasteiger partial charge in [0.15, 0.2) is 0 Å². The summed E-state index contributed by atoms with van der Waals surface area (Å²) in [5.41, 5.74) is 1.46. The normalized spacial score (nSPS) is 12.1. The summed E-state index contributed by atoms with van der Waals surface area (Å²) < 4.78 is 32.6. The number of methoxy groups -OCH3 is 1. The fraction of sp³-hybridized carbons (Fsp3) is 0.350. The number of nitrogens with zero attached hydrogens (tertiary/aromatic N) is 1. The van der Waals surface area contributed by atoms with Crippen LogP contribution in [0.4, 0.5) is 10.5 Å². The van der Waals surface area contributed by atoms with Gasteiger partial charge in [0.25, 0.3) is 0 Å². The van der Waals surface area contributed by atoms with Gasteiger partial charge in [-0.3, -0.25) is 0 Å². The summed E-state index contributed by atoms with van der Waals surface area (Å²) in [5.74, 6) is 0.821. The van der Waals surface area contributed by atoms with Gasteiger partial charge in [-0.25, -0.2) is 4.79 Å². The first kappa shape index (κ1) is 21.6. The molecule has 28 heavy (non-hydrogen) atoms. The van der Waals surface area contributed by atoms with Gasteiger partial charge in [0.05, 0.1) is 19.1 Å². The van der Waals surface area contributed by atoms with Crippen molar-refractivity contribution in [3.8, 4) is 11.5 Å². The van der Waals surface area contributed by atoms with Crippen LogP contribution in [-0.4, -0.2) is 38.8 Å². The molecule has 0 fully saturated rings. The van der Waals surface area contributed by atoms with Gasteiger partial charge in [-0.2, -0.15) is 8.42 Å². The highest BCUT2D eigenvalue weighted by atomic mass is 32.2. The maximum Gasteiger partial charge on any atom is 0.322 e. The Hall–Kier alpha value is -2.74. The van der Waals surface area contributed by atoms with Crippen molar-refractivity contribution in [3.05, 3.63) is 54.1 Å². The van der Waals surface area contributed by atoms with Crippen molar-refractivity contribution >= 4 is 21.8 Å². The Morgan fingerprint density at radius 3 is 2.36 bits per heavy atom. The van der Waals surface area contributed by atoms with Crippen molar-refractivity contribution in [1.29, 1.82) is 0 Å². The van der Waals surface area contributed by atoms with Crippen molar-refractivity contribution in [1.82, 2.24) is 4.90 Å². The predicted octanol–water partition coefficient (Wildman–Crippen LogP) is 3.87. The monoisotopic (exact) mass is 406 g/mol. The lowest BCUT2D eigenvalue weighted by atomic mass is 10.1. The van der Waals surface area contributed by atoms with Crippen molar-refractivity contribution in [3.63, 3.8) is 0 Å². The van der Waals surface area contributed by atoms with Crippen LogP contribution in [-0.2, 0) is 16.7 Å². The molecule has 0 aliphatic heterocycles. The van der Waals surface area contributed by atoms with Crippen LogP contribution in [0.15, 0.2) is 48.5 Å². The van der Waals surface area contributed by atoms with E-state index < -0.39 is 10.1 Å².